The molecule has 0 fully saturated rings. The van der Waals surface area contributed by atoms with Gasteiger partial charge in [0.25, 0.3) is 5.56 Å². The summed E-state index contributed by atoms with van der Waals surface area (Å²) in [6.07, 6.45) is 1.60. The van der Waals surface area contributed by atoms with Gasteiger partial charge in [0, 0.05) is 28.6 Å². The first-order valence-corrected chi connectivity index (χ1v) is 8.27. The molecule has 25 heavy (non-hydrogen) atoms. The molecular weight excluding hydrogens is 344 g/mol. The second kappa shape index (κ2) is 6.54. The molecule has 2 aromatic rings. The average molecular weight is 363 g/mol. The van der Waals surface area contributed by atoms with Crippen LogP contribution in [0.2, 0.25) is 5.02 Å². The highest BCUT2D eigenvalue weighted by Gasteiger charge is 2.51. The molecule has 1 aliphatic rings. The number of aromatic amines is 2. The van der Waals surface area contributed by atoms with Gasteiger partial charge in [0.2, 0.25) is 0 Å². The summed E-state index contributed by atoms with van der Waals surface area (Å²) in [6.45, 7) is 5.14. The number of H-pyrrole nitrogens is 2. The number of fused-ring (bicyclic) bond motifs is 1. The first kappa shape index (κ1) is 17.5. The maximum absolute atomic E-state index is 12.7. The number of aromatic nitrogens is 2. The number of carbonyl (C=O) groups is 1. The molecule has 1 heterocycles. The lowest BCUT2D eigenvalue weighted by Gasteiger charge is -2.40. The van der Waals surface area contributed by atoms with E-state index in [-0.39, 0.29) is 18.6 Å². The van der Waals surface area contributed by atoms with E-state index in [0.29, 0.717) is 21.8 Å². The van der Waals surface area contributed by atoms with Gasteiger partial charge in [0.15, 0.2) is 0 Å². The number of carbonyl (C=O) groups excluding carboxylic acids is 1. The van der Waals surface area contributed by atoms with Crippen LogP contribution in [0.5, 0.6) is 0 Å². The lowest BCUT2D eigenvalue weighted by atomic mass is 9.66. The summed E-state index contributed by atoms with van der Waals surface area (Å²) in [5.41, 5.74) is 0.0288. The van der Waals surface area contributed by atoms with E-state index in [1.165, 1.54) is 6.08 Å². The van der Waals surface area contributed by atoms with E-state index in [4.69, 9.17) is 16.3 Å². The molecule has 0 saturated heterocycles. The van der Waals surface area contributed by atoms with E-state index in [1.807, 2.05) is 0 Å². The van der Waals surface area contributed by atoms with E-state index in [9.17, 15) is 14.7 Å². The number of esters is 1. The molecule has 3 rings (SSSR count). The topological polar surface area (TPSA) is 95.2 Å². The van der Waals surface area contributed by atoms with Crippen molar-refractivity contribution in [2.75, 3.05) is 6.61 Å². The van der Waals surface area contributed by atoms with E-state index >= 15 is 0 Å². The highest BCUT2D eigenvalue weighted by Crippen LogP contribution is 2.44. The van der Waals surface area contributed by atoms with Gasteiger partial charge in [-0.15, -0.1) is 0 Å². The Bertz CT molecular complexity index is 851. The van der Waals surface area contributed by atoms with Crippen LogP contribution in [0.1, 0.15) is 29.7 Å². The summed E-state index contributed by atoms with van der Waals surface area (Å²) >= 11 is 5.96. The van der Waals surface area contributed by atoms with Crippen molar-refractivity contribution in [3.8, 4) is 0 Å². The minimum Gasteiger partial charge on any atom is -0.461 e. The van der Waals surface area contributed by atoms with Crippen molar-refractivity contribution in [2.24, 2.45) is 5.92 Å². The van der Waals surface area contributed by atoms with Gasteiger partial charge in [-0.05, 0) is 24.6 Å². The fourth-order valence-corrected chi connectivity index (χ4v) is 3.64. The number of aliphatic hydroxyl groups is 1. The van der Waals surface area contributed by atoms with Crippen molar-refractivity contribution in [1.29, 1.82) is 0 Å². The summed E-state index contributed by atoms with van der Waals surface area (Å²) in [6, 6.07) is 6.87. The van der Waals surface area contributed by atoms with Crippen LogP contribution in [0, 0.1) is 5.92 Å². The van der Waals surface area contributed by atoms with Gasteiger partial charge in [0.05, 0.1) is 11.5 Å². The van der Waals surface area contributed by atoms with Gasteiger partial charge in [0.1, 0.15) is 6.61 Å². The maximum atomic E-state index is 12.7. The Morgan fingerprint density at radius 2 is 2.12 bits per heavy atom. The molecule has 1 aromatic carbocycles. The third-order valence-electron chi connectivity index (χ3n) is 4.57. The number of hydrogen-bond acceptors (Lipinski definition) is 4. The molecule has 0 bridgehead atoms. The molecule has 3 atom stereocenters. The quantitative estimate of drug-likeness (QED) is 0.573. The number of nitrogens with one attached hydrogen (secondary N) is 2. The second-order valence-electron chi connectivity index (χ2n) is 6.43. The number of rotatable bonds is 4. The van der Waals surface area contributed by atoms with Crippen LogP contribution in [-0.2, 0) is 16.0 Å². The fourth-order valence-electron chi connectivity index (χ4n) is 3.52. The molecule has 7 heteroatoms. The Morgan fingerprint density at radius 3 is 2.76 bits per heavy atom. The Labute approximate surface area is 149 Å². The SMILES string of the molecule is C=CCOC(=O)[C@H]1[C@H](c2ccc(Cl)cc2)c2c([nH][nH]c2=O)C[C@]1(C)O. The van der Waals surface area contributed by atoms with Crippen molar-refractivity contribution in [3.05, 3.63) is 69.1 Å². The minimum absolute atomic E-state index is 0.0368. The number of benzene rings is 1. The zero-order valence-electron chi connectivity index (χ0n) is 13.7. The molecule has 0 spiro atoms. The monoisotopic (exact) mass is 362 g/mol. The van der Waals surface area contributed by atoms with E-state index in [2.05, 4.69) is 16.8 Å². The van der Waals surface area contributed by atoms with Crippen molar-refractivity contribution in [2.45, 2.75) is 24.9 Å². The van der Waals surface area contributed by atoms with Gasteiger partial charge in [-0.3, -0.25) is 14.7 Å². The van der Waals surface area contributed by atoms with Crippen molar-refractivity contribution in [1.82, 2.24) is 10.2 Å². The van der Waals surface area contributed by atoms with Gasteiger partial charge in [-0.25, -0.2) is 0 Å². The van der Waals surface area contributed by atoms with Gasteiger partial charge in [-0.2, -0.15) is 0 Å². The van der Waals surface area contributed by atoms with Crippen molar-refractivity contribution < 1.29 is 14.6 Å². The summed E-state index contributed by atoms with van der Waals surface area (Å²) in [4.78, 5) is 25.0. The molecular formula is C18H19ClN2O4. The molecule has 132 valence electrons. The predicted molar refractivity (Wildman–Crippen MR) is 93.7 cm³/mol. The Kier molecular flexibility index (Phi) is 4.58. The fraction of sp³-hybridized carbons (Fsp3) is 0.333. The average Bonchev–Trinajstić information content (AvgIpc) is 2.91. The van der Waals surface area contributed by atoms with Crippen molar-refractivity contribution in [3.63, 3.8) is 0 Å². The third-order valence-corrected chi connectivity index (χ3v) is 4.82. The molecule has 3 N–H and O–H groups in total. The zero-order valence-corrected chi connectivity index (χ0v) is 14.5. The van der Waals surface area contributed by atoms with Crippen LogP contribution in [0.4, 0.5) is 0 Å². The van der Waals surface area contributed by atoms with Crippen LogP contribution in [0.25, 0.3) is 0 Å². The predicted octanol–water partition coefficient (Wildman–Crippen LogP) is 2.14. The maximum Gasteiger partial charge on any atom is 0.313 e. The number of halogens is 1. The van der Waals surface area contributed by atoms with Crippen LogP contribution in [0.15, 0.2) is 41.7 Å². The van der Waals surface area contributed by atoms with Crippen LogP contribution >= 0.6 is 11.6 Å². The first-order chi connectivity index (χ1) is 11.8. The minimum atomic E-state index is -1.39. The molecule has 6 nitrogen and oxygen atoms in total. The Morgan fingerprint density at radius 1 is 1.44 bits per heavy atom. The molecule has 0 unspecified atom stereocenters. The highest BCUT2D eigenvalue weighted by molar-refractivity contribution is 6.30. The van der Waals surface area contributed by atoms with Gasteiger partial charge in [-0.1, -0.05) is 36.4 Å². The molecule has 0 aliphatic heterocycles. The van der Waals surface area contributed by atoms with E-state index in [1.54, 1.807) is 31.2 Å². The summed E-state index contributed by atoms with van der Waals surface area (Å²) in [5, 5.41) is 16.8. The lowest BCUT2D eigenvalue weighted by Crippen LogP contribution is -2.50. The van der Waals surface area contributed by atoms with Crippen LogP contribution in [-0.4, -0.2) is 33.5 Å². The number of hydrogen-bond donors (Lipinski definition) is 3. The Hall–Kier alpha value is -2.31. The zero-order chi connectivity index (χ0) is 18.2. The third kappa shape index (κ3) is 3.15. The van der Waals surface area contributed by atoms with E-state index in [0.717, 1.165) is 0 Å². The smallest absolute Gasteiger partial charge is 0.313 e. The van der Waals surface area contributed by atoms with Gasteiger partial charge < -0.3 is 14.9 Å². The largest absolute Gasteiger partial charge is 0.461 e. The molecule has 0 amide bonds. The first-order valence-electron chi connectivity index (χ1n) is 7.90. The molecule has 1 aromatic heterocycles. The highest BCUT2D eigenvalue weighted by atomic mass is 35.5. The Balaban J connectivity index is 2.16. The molecule has 0 radical (unpaired) electrons. The lowest BCUT2D eigenvalue weighted by molar-refractivity contribution is -0.158. The molecule has 0 saturated carbocycles. The van der Waals surface area contributed by atoms with Crippen molar-refractivity contribution >= 4 is 17.6 Å². The summed E-state index contributed by atoms with van der Waals surface area (Å²) < 4.78 is 5.21. The van der Waals surface area contributed by atoms with E-state index < -0.39 is 23.4 Å². The number of ether oxygens (including phenoxy) is 1. The standard InChI is InChI=1S/C18H19ClN2O4/c1-3-8-25-17(23)15-13(10-4-6-11(19)7-5-10)14-12(9-18(15,2)24)20-21-16(14)22/h3-7,13,15,24H,1,8-9H2,2H3,(H2,20,21,22)/t13-,15-,18+/m1/s1. The summed E-state index contributed by atoms with van der Waals surface area (Å²) in [7, 11) is 0. The normalized spacial score (nSPS) is 25.2. The van der Waals surface area contributed by atoms with Gasteiger partial charge >= 0.3 is 5.97 Å². The molecule has 1 aliphatic carbocycles. The van der Waals surface area contributed by atoms with Crippen LogP contribution < -0.4 is 5.56 Å². The summed E-state index contributed by atoms with van der Waals surface area (Å²) in [5.74, 6) is -2.16. The van der Waals surface area contributed by atoms with Crippen LogP contribution in [0.3, 0.4) is 0 Å². The second-order valence-corrected chi connectivity index (χ2v) is 6.87.